The summed E-state index contributed by atoms with van der Waals surface area (Å²) in [6, 6.07) is 2.55. The quantitative estimate of drug-likeness (QED) is 0.766. The Morgan fingerprint density at radius 2 is 2.31 bits per heavy atom. The summed E-state index contributed by atoms with van der Waals surface area (Å²) < 4.78 is 0. The van der Waals surface area contributed by atoms with Gasteiger partial charge in [-0.05, 0) is 43.4 Å². The van der Waals surface area contributed by atoms with Gasteiger partial charge in [0.2, 0.25) is 0 Å². The van der Waals surface area contributed by atoms with Crippen molar-refractivity contribution in [3.8, 4) is 0 Å². The minimum absolute atomic E-state index is 0.469. The summed E-state index contributed by atoms with van der Waals surface area (Å²) in [4.78, 5) is 0. The van der Waals surface area contributed by atoms with Crippen LogP contribution in [0.15, 0.2) is 18.5 Å². The van der Waals surface area contributed by atoms with Crippen molar-refractivity contribution in [3.05, 3.63) is 24.0 Å². The molecule has 0 radical (unpaired) electrons. The number of nitrogens with one attached hydrogen (secondary N) is 1. The summed E-state index contributed by atoms with van der Waals surface area (Å²) in [6.07, 6.45) is 10.3. The van der Waals surface area contributed by atoms with E-state index in [1.807, 2.05) is 6.20 Å². The molecular weight excluding hydrogens is 198 g/mol. The van der Waals surface area contributed by atoms with Gasteiger partial charge >= 0.3 is 0 Å². The molecule has 88 valence electrons. The van der Waals surface area contributed by atoms with E-state index in [4.69, 9.17) is 0 Å². The van der Waals surface area contributed by atoms with Crippen LogP contribution in [0.4, 0.5) is 0 Å². The molecule has 1 saturated carbocycles. The lowest BCUT2D eigenvalue weighted by Crippen LogP contribution is -2.22. The molecule has 1 fully saturated rings. The van der Waals surface area contributed by atoms with Crippen molar-refractivity contribution in [1.82, 2.24) is 15.5 Å². The maximum Gasteiger partial charge on any atom is 0.0544 e. The van der Waals surface area contributed by atoms with Crippen LogP contribution >= 0.6 is 0 Å². The number of rotatable bonds is 7. The Morgan fingerprint density at radius 3 is 2.94 bits per heavy atom. The van der Waals surface area contributed by atoms with Crippen molar-refractivity contribution in [2.24, 2.45) is 5.92 Å². The maximum absolute atomic E-state index is 3.97. The van der Waals surface area contributed by atoms with Crippen molar-refractivity contribution in [3.63, 3.8) is 0 Å². The molecule has 0 spiro atoms. The molecule has 1 aromatic rings. The van der Waals surface area contributed by atoms with E-state index in [2.05, 4.69) is 28.5 Å². The maximum atomic E-state index is 3.97. The van der Waals surface area contributed by atoms with Crippen molar-refractivity contribution in [1.29, 1.82) is 0 Å². The van der Waals surface area contributed by atoms with Gasteiger partial charge in [0.05, 0.1) is 6.20 Å². The van der Waals surface area contributed by atoms with E-state index in [1.54, 1.807) is 6.20 Å². The molecular formula is C13H21N3. The third-order valence-electron chi connectivity index (χ3n) is 3.21. The molecule has 0 aliphatic heterocycles. The van der Waals surface area contributed by atoms with E-state index in [0.29, 0.717) is 6.04 Å². The molecule has 1 heterocycles. The minimum Gasteiger partial charge on any atom is -0.310 e. The molecule has 3 heteroatoms. The van der Waals surface area contributed by atoms with Crippen molar-refractivity contribution in [2.75, 3.05) is 6.54 Å². The summed E-state index contributed by atoms with van der Waals surface area (Å²) in [5.74, 6) is 1.00. The molecule has 0 bridgehead atoms. The number of nitrogens with zero attached hydrogens (tertiary/aromatic N) is 2. The van der Waals surface area contributed by atoms with Gasteiger partial charge in [-0.25, -0.2) is 0 Å². The standard InChI is InChI=1S/C13H21N3/c1-2-8-14-13(6-5-11-3-4-11)12-7-9-15-16-10-12/h7,9-11,13-14H,2-6,8H2,1H3. The van der Waals surface area contributed by atoms with Gasteiger partial charge in [-0.1, -0.05) is 19.8 Å². The van der Waals surface area contributed by atoms with E-state index in [1.165, 1.54) is 37.7 Å². The van der Waals surface area contributed by atoms with E-state index >= 15 is 0 Å². The van der Waals surface area contributed by atoms with Gasteiger partial charge in [0.15, 0.2) is 0 Å². The lowest BCUT2D eigenvalue weighted by atomic mass is 10.0. The van der Waals surface area contributed by atoms with Gasteiger partial charge in [0.25, 0.3) is 0 Å². The molecule has 1 aliphatic rings. The predicted octanol–water partition coefficient (Wildman–Crippen LogP) is 2.71. The van der Waals surface area contributed by atoms with Gasteiger partial charge < -0.3 is 5.32 Å². The highest BCUT2D eigenvalue weighted by Crippen LogP contribution is 2.35. The molecule has 0 amide bonds. The zero-order valence-electron chi connectivity index (χ0n) is 10.0. The Kier molecular flexibility index (Phi) is 4.28. The SMILES string of the molecule is CCCNC(CCC1CC1)c1ccnnc1. The fraction of sp³-hybridized carbons (Fsp3) is 0.692. The normalized spacial score (nSPS) is 17.3. The summed E-state index contributed by atoms with van der Waals surface area (Å²) in [7, 11) is 0. The molecule has 1 aliphatic carbocycles. The Labute approximate surface area is 97.7 Å². The van der Waals surface area contributed by atoms with Crippen molar-refractivity contribution < 1.29 is 0 Å². The highest BCUT2D eigenvalue weighted by molar-refractivity contribution is 5.11. The van der Waals surface area contributed by atoms with Crippen LogP contribution in [0, 0.1) is 5.92 Å². The van der Waals surface area contributed by atoms with E-state index in [0.717, 1.165) is 12.5 Å². The number of hydrogen-bond acceptors (Lipinski definition) is 3. The van der Waals surface area contributed by atoms with Crippen LogP contribution in [0.25, 0.3) is 0 Å². The zero-order valence-corrected chi connectivity index (χ0v) is 10.0. The highest BCUT2D eigenvalue weighted by Gasteiger charge is 2.22. The van der Waals surface area contributed by atoms with E-state index in [-0.39, 0.29) is 0 Å². The van der Waals surface area contributed by atoms with Gasteiger partial charge in [-0.3, -0.25) is 0 Å². The fourth-order valence-electron chi connectivity index (χ4n) is 2.02. The summed E-state index contributed by atoms with van der Waals surface area (Å²) in [5, 5.41) is 11.4. The molecule has 3 nitrogen and oxygen atoms in total. The predicted molar refractivity (Wildman–Crippen MR) is 65.0 cm³/mol. The van der Waals surface area contributed by atoms with Crippen LogP contribution in [0.5, 0.6) is 0 Å². The summed E-state index contributed by atoms with van der Waals surface area (Å²) >= 11 is 0. The summed E-state index contributed by atoms with van der Waals surface area (Å²) in [6.45, 7) is 3.29. The van der Waals surface area contributed by atoms with Crippen molar-refractivity contribution in [2.45, 2.75) is 45.1 Å². The third-order valence-corrected chi connectivity index (χ3v) is 3.21. The second-order valence-electron chi connectivity index (χ2n) is 4.70. The van der Waals surface area contributed by atoms with Crippen LogP contribution in [-0.4, -0.2) is 16.7 Å². The zero-order chi connectivity index (χ0) is 11.2. The molecule has 0 aromatic carbocycles. The Bertz CT molecular complexity index is 295. The molecule has 1 unspecified atom stereocenters. The Hall–Kier alpha value is -0.960. The average molecular weight is 219 g/mol. The highest BCUT2D eigenvalue weighted by atomic mass is 15.1. The smallest absolute Gasteiger partial charge is 0.0544 e. The molecule has 1 N–H and O–H groups in total. The Morgan fingerprint density at radius 1 is 1.44 bits per heavy atom. The fourth-order valence-corrected chi connectivity index (χ4v) is 2.02. The van der Waals surface area contributed by atoms with Crippen LogP contribution in [0.1, 0.15) is 50.6 Å². The first-order chi connectivity index (χ1) is 7.90. The summed E-state index contributed by atoms with van der Waals surface area (Å²) in [5.41, 5.74) is 1.28. The second kappa shape index (κ2) is 5.94. The van der Waals surface area contributed by atoms with Gasteiger partial charge in [0, 0.05) is 12.2 Å². The molecule has 1 atom stereocenters. The lowest BCUT2D eigenvalue weighted by Gasteiger charge is -2.18. The molecule has 2 rings (SSSR count). The van der Waals surface area contributed by atoms with Crippen LogP contribution in [-0.2, 0) is 0 Å². The number of aromatic nitrogens is 2. The van der Waals surface area contributed by atoms with Gasteiger partial charge in [-0.15, -0.1) is 0 Å². The lowest BCUT2D eigenvalue weighted by molar-refractivity contribution is 0.468. The van der Waals surface area contributed by atoms with Gasteiger partial charge in [0.1, 0.15) is 0 Å². The first-order valence-electron chi connectivity index (χ1n) is 6.40. The monoisotopic (exact) mass is 219 g/mol. The van der Waals surface area contributed by atoms with Crippen LogP contribution < -0.4 is 5.32 Å². The minimum atomic E-state index is 0.469. The third kappa shape index (κ3) is 3.56. The molecule has 16 heavy (non-hydrogen) atoms. The second-order valence-corrected chi connectivity index (χ2v) is 4.70. The van der Waals surface area contributed by atoms with Crippen LogP contribution in [0.2, 0.25) is 0 Å². The van der Waals surface area contributed by atoms with E-state index < -0.39 is 0 Å². The van der Waals surface area contributed by atoms with E-state index in [9.17, 15) is 0 Å². The molecule has 1 aromatic heterocycles. The van der Waals surface area contributed by atoms with Crippen LogP contribution in [0.3, 0.4) is 0 Å². The first-order valence-corrected chi connectivity index (χ1v) is 6.40. The average Bonchev–Trinajstić information content (AvgIpc) is 3.14. The number of hydrogen-bond donors (Lipinski definition) is 1. The van der Waals surface area contributed by atoms with Gasteiger partial charge in [-0.2, -0.15) is 10.2 Å². The van der Waals surface area contributed by atoms with Crippen molar-refractivity contribution >= 4 is 0 Å². The molecule has 0 saturated heterocycles. The topological polar surface area (TPSA) is 37.8 Å². The largest absolute Gasteiger partial charge is 0.310 e. The first kappa shape index (κ1) is 11.5. The Balaban J connectivity index is 1.89.